The number of nitrogens with one attached hydrogen (secondary N) is 1. The summed E-state index contributed by atoms with van der Waals surface area (Å²) in [5.41, 5.74) is 1.68. The summed E-state index contributed by atoms with van der Waals surface area (Å²) in [7, 11) is -7.12. The van der Waals surface area contributed by atoms with Gasteiger partial charge in [0.05, 0.1) is 16.8 Å². The van der Waals surface area contributed by atoms with Crippen LogP contribution in [0.1, 0.15) is 42.5 Å². The molecule has 2 aromatic carbocycles. The number of hydrogen-bond acceptors (Lipinski definition) is 9. The Kier molecular flexibility index (Phi) is 6.74. The van der Waals surface area contributed by atoms with Crippen molar-refractivity contribution in [3.05, 3.63) is 65.7 Å². The van der Waals surface area contributed by atoms with E-state index in [4.69, 9.17) is 4.74 Å². The number of nitrogens with zero attached hydrogens (tertiary/aromatic N) is 3. The van der Waals surface area contributed by atoms with E-state index in [2.05, 4.69) is 19.0 Å². The first-order valence-electron chi connectivity index (χ1n) is 11.4. The average Bonchev–Trinajstić information content (AvgIpc) is 3.35. The van der Waals surface area contributed by atoms with Crippen LogP contribution in [0, 0.1) is 5.82 Å². The lowest BCUT2D eigenvalue weighted by molar-refractivity contribution is 0.0680. The van der Waals surface area contributed by atoms with Crippen LogP contribution in [0.2, 0.25) is 0 Å². The van der Waals surface area contributed by atoms with Crippen molar-refractivity contribution in [3.8, 4) is 5.75 Å². The minimum absolute atomic E-state index is 0.0444. The monoisotopic (exact) mass is 552 g/mol. The molecule has 0 bridgehead atoms. The number of likely N-dealkylation sites (tertiary alicyclic amines) is 1. The van der Waals surface area contributed by atoms with Gasteiger partial charge in [-0.15, -0.1) is 0 Å². The van der Waals surface area contributed by atoms with E-state index in [9.17, 15) is 21.2 Å². The van der Waals surface area contributed by atoms with Crippen LogP contribution in [0.4, 0.5) is 9.52 Å². The minimum Gasteiger partial charge on any atom is -0.493 e. The highest BCUT2D eigenvalue weighted by atomic mass is 32.2. The first-order chi connectivity index (χ1) is 17.1. The summed E-state index contributed by atoms with van der Waals surface area (Å²) in [5, 5.41) is -0.315. The minimum atomic E-state index is -3.88. The fraction of sp³-hybridized carbons (Fsp3) is 0.391. The smallest absolute Gasteiger partial charge is 0.263 e. The third-order valence-electron chi connectivity index (χ3n) is 6.74. The Balaban J connectivity index is 1.47. The Morgan fingerprint density at radius 2 is 1.86 bits per heavy atom. The highest BCUT2D eigenvalue weighted by Crippen LogP contribution is 2.45. The van der Waals surface area contributed by atoms with E-state index in [1.165, 1.54) is 36.8 Å². The molecule has 3 atom stereocenters. The molecular formula is C23H25FN4O5S3. The number of halogens is 1. The molecule has 0 amide bonds. The standard InChI is InChI=1S/C23H25FN4O5S3/c1-35(29,30)17-8-10-28(21(12-17)15-2-4-16(24)5-3-15)20-9-11-33-22-13-18(6-7-19(20)22)36(31,32)27-23-25-14-26-34-23/h2-7,13-14,17,20-21H,8-12H2,1H3,(H,25,26,27)/t17-,20-,21+/m0/s1. The SMILES string of the molecule is CS(=O)(=O)[C@H]1CCN([C@H]2CCOc3cc(S(=O)(=O)Nc4ncns4)ccc32)[C@@H](c2ccc(F)cc2)C1. The Morgan fingerprint density at radius 1 is 1.08 bits per heavy atom. The van der Waals surface area contributed by atoms with Crippen molar-refractivity contribution < 1.29 is 26.0 Å². The number of sulfone groups is 1. The van der Waals surface area contributed by atoms with E-state index in [1.54, 1.807) is 18.2 Å². The fourth-order valence-corrected chi connectivity index (χ4v) is 7.72. The van der Waals surface area contributed by atoms with Gasteiger partial charge in [0.1, 0.15) is 27.7 Å². The first kappa shape index (κ1) is 25.1. The van der Waals surface area contributed by atoms with Gasteiger partial charge in [0.2, 0.25) is 5.13 Å². The molecule has 3 heterocycles. The molecule has 5 rings (SSSR count). The van der Waals surface area contributed by atoms with Crippen LogP contribution in [-0.4, -0.2) is 55.8 Å². The lowest BCUT2D eigenvalue weighted by Gasteiger charge is -2.45. The number of anilines is 1. The molecular weight excluding hydrogens is 527 g/mol. The van der Waals surface area contributed by atoms with Crippen LogP contribution in [0.15, 0.2) is 53.7 Å². The maximum Gasteiger partial charge on any atom is 0.263 e. The van der Waals surface area contributed by atoms with Crippen molar-refractivity contribution in [3.63, 3.8) is 0 Å². The second kappa shape index (κ2) is 9.69. The van der Waals surface area contributed by atoms with Crippen LogP contribution in [0.3, 0.4) is 0 Å². The Hall–Kier alpha value is -2.61. The predicted molar refractivity (Wildman–Crippen MR) is 134 cm³/mol. The Labute approximate surface area is 213 Å². The molecule has 0 radical (unpaired) electrons. The molecule has 1 saturated heterocycles. The summed E-state index contributed by atoms with van der Waals surface area (Å²) in [6, 6.07) is 10.6. The van der Waals surface area contributed by atoms with Gasteiger partial charge in [-0.3, -0.25) is 9.62 Å². The lowest BCUT2D eigenvalue weighted by Crippen LogP contribution is -2.44. The van der Waals surface area contributed by atoms with Crippen molar-refractivity contribution in [1.82, 2.24) is 14.3 Å². The molecule has 0 spiro atoms. The number of fused-ring (bicyclic) bond motifs is 1. The third kappa shape index (κ3) is 5.10. The van der Waals surface area contributed by atoms with E-state index < -0.39 is 25.1 Å². The molecule has 3 aromatic rings. The zero-order valence-corrected chi connectivity index (χ0v) is 21.8. The number of aromatic nitrogens is 2. The quantitative estimate of drug-likeness (QED) is 0.493. The van der Waals surface area contributed by atoms with Gasteiger partial charge < -0.3 is 4.74 Å². The van der Waals surface area contributed by atoms with Gasteiger partial charge in [-0.05, 0) is 36.6 Å². The first-order valence-corrected chi connectivity index (χ1v) is 15.6. The van der Waals surface area contributed by atoms with Gasteiger partial charge in [-0.2, -0.15) is 4.37 Å². The van der Waals surface area contributed by atoms with Crippen LogP contribution in [0.5, 0.6) is 5.75 Å². The highest BCUT2D eigenvalue weighted by molar-refractivity contribution is 7.93. The van der Waals surface area contributed by atoms with Crippen molar-refractivity contribution in [1.29, 1.82) is 0 Å². The fourth-order valence-electron chi connectivity index (χ4n) is 4.98. The van der Waals surface area contributed by atoms with Crippen LogP contribution < -0.4 is 9.46 Å². The van der Waals surface area contributed by atoms with Gasteiger partial charge in [-0.25, -0.2) is 26.2 Å². The highest BCUT2D eigenvalue weighted by Gasteiger charge is 2.40. The van der Waals surface area contributed by atoms with E-state index in [0.717, 1.165) is 22.7 Å². The second-order valence-electron chi connectivity index (χ2n) is 8.99. The Morgan fingerprint density at radius 3 is 2.56 bits per heavy atom. The third-order valence-corrected chi connectivity index (χ3v) is 10.4. The molecule has 9 nitrogen and oxygen atoms in total. The molecule has 36 heavy (non-hydrogen) atoms. The molecule has 13 heteroatoms. The molecule has 0 unspecified atom stereocenters. The number of benzene rings is 2. The molecule has 1 N–H and O–H groups in total. The van der Waals surface area contributed by atoms with Crippen molar-refractivity contribution in [2.45, 2.75) is 41.5 Å². The maximum absolute atomic E-state index is 13.6. The number of sulfonamides is 1. The Bertz CT molecular complexity index is 1450. The van der Waals surface area contributed by atoms with Crippen molar-refractivity contribution >= 4 is 36.5 Å². The molecule has 1 aromatic heterocycles. The molecule has 1 fully saturated rings. The summed E-state index contributed by atoms with van der Waals surface area (Å²) < 4.78 is 76.1. The van der Waals surface area contributed by atoms with E-state index >= 15 is 0 Å². The van der Waals surface area contributed by atoms with Gasteiger partial charge in [0.15, 0.2) is 0 Å². The van der Waals surface area contributed by atoms with Crippen LogP contribution in [-0.2, 0) is 19.9 Å². The molecule has 2 aliphatic heterocycles. The van der Waals surface area contributed by atoms with Crippen molar-refractivity contribution in [2.24, 2.45) is 0 Å². The number of rotatable bonds is 6. The molecule has 0 saturated carbocycles. The van der Waals surface area contributed by atoms with Crippen LogP contribution >= 0.6 is 11.5 Å². The largest absolute Gasteiger partial charge is 0.493 e. The summed E-state index contributed by atoms with van der Waals surface area (Å²) in [6.07, 6.45) is 4.07. The van der Waals surface area contributed by atoms with Gasteiger partial charge in [-0.1, -0.05) is 18.2 Å². The lowest BCUT2D eigenvalue weighted by atomic mass is 9.89. The summed E-state index contributed by atoms with van der Waals surface area (Å²) in [5.74, 6) is 0.113. The molecule has 0 aliphatic carbocycles. The van der Waals surface area contributed by atoms with Crippen molar-refractivity contribution in [2.75, 3.05) is 24.1 Å². The van der Waals surface area contributed by atoms with E-state index in [0.29, 0.717) is 38.2 Å². The number of piperidine rings is 1. The van der Waals surface area contributed by atoms with E-state index in [-0.39, 0.29) is 27.9 Å². The molecule has 192 valence electrons. The normalized spacial score (nSPS) is 23.0. The predicted octanol–water partition coefficient (Wildman–Crippen LogP) is 3.55. The van der Waals surface area contributed by atoms with Gasteiger partial charge in [0.25, 0.3) is 10.0 Å². The zero-order chi connectivity index (χ0) is 25.5. The van der Waals surface area contributed by atoms with Gasteiger partial charge >= 0.3 is 0 Å². The summed E-state index contributed by atoms with van der Waals surface area (Å²) >= 11 is 0.938. The average molecular weight is 553 g/mol. The number of ether oxygens (including phenoxy) is 1. The van der Waals surface area contributed by atoms with E-state index in [1.807, 2.05) is 0 Å². The summed E-state index contributed by atoms with van der Waals surface area (Å²) in [6.45, 7) is 0.912. The molecule has 2 aliphatic rings. The zero-order valence-electron chi connectivity index (χ0n) is 19.4. The summed E-state index contributed by atoms with van der Waals surface area (Å²) in [4.78, 5) is 6.15. The maximum atomic E-state index is 13.6. The topological polar surface area (TPSA) is 119 Å². The number of hydrogen-bond donors (Lipinski definition) is 1. The second-order valence-corrected chi connectivity index (χ2v) is 13.8. The van der Waals surface area contributed by atoms with Crippen LogP contribution in [0.25, 0.3) is 0 Å². The van der Waals surface area contributed by atoms with Gasteiger partial charge in [0, 0.05) is 54.5 Å².